The van der Waals surface area contributed by atoms with Crippen LogP contribution in [0.5, 0.6) is 0 Å². The highest BCUT2D eigenvalue weighted by Gasteiger charge is 2.10. The van der Waals surface area contributed by atoms with E-state index in [0.717, 1.165) is 11.1 Å². The van der Waals surface area contributed by atoms with Crippen LogP contribution < -0.4 is 0 Å². The SMILES string of the molecule is Cc1cccc(CC(Cl)c2cc(C)cc(F)c2)c1. The Labute approximate surface area is 112 Å². The van der Waals surface area contributed by atoms with Crippen LogP contribution in [0.15, 0.2) is 42.5 Å². The molecule has 2 rings (SSSR count). The average molecular weight is 263 g/mol. The van der Waals surface area contributed by atoms with E-state index in [2.05, 4.69) is 25.1 Å². The molecule has 0 fully saturated rings. The summed E-state index contributed by atoms with van der Waals surface area (Å²) in [5.74, 6) is -0.222. The van der Waals surface area contributed by atoms with Crippen molar-refractivity contribution in [2.24, 2.45) is 0 Å². The minimum Gasteiger partial charge on any atom is -0.207 e. The van der Waals surface area contributed by atoms with E-state index in [9.17, 15) is 4.39 Å². The van der Waals surface area contributed by atoms with E-state index in [4.69, 9.17) is 11.6 Å². The average Bonchev–Trinajstić information content (AvgIpc) is 2.27. The fourth-order valence-corrected chi connectivity index (χ4v) is 2.41. The molecule has 0 aliphatic rings. The molecule has 94 valence electrons. The summed E-state index contributed by atoms with van der Waals surface area (Å²) >= 11 is 6.37. The van der Waals surface area contributed by atoms with E-state index >= 15 is 0 Å². The largest absolute Gasteiger partial charge is 0.207 e. The van der Waals surface area contributed by atoms with Gasteiger partial charge in [0.15, 0.2) is 0 Å². The highest BCUT2D eigenvalue weighted by Crippen LogP contribution is 2.26. The van der Waals surface area contributed by atoms with Gasteiger partial charge in [-0.1, -0.05) is 35.9 Å². The molecule has 1 unspecified atom stereocenters. The van der Waals surface area contributed by atoms with Gasteiger partial charge in [-0.15, -0.1) is 11.6 Å². The Balaban J connectivity index is 2.19. The van der Waals surface area contributed by atoms with Crippen molar-refractivity contribution < 1.29 is 4.39 Å². The Bertz CT molecular complexity index is 528. The van der Waals surface area contributed by atoms with Crippen molar-refractivity contribution in [2.45, 2.75) is 25.6 Å². The fraction of sp³-hybridized carbons (Fsp3) is 0.250. The first-order valence-corrected chi connectivity index (χ1v) is 6.45. The predicted molar refractivity (Wildman–Crippen MR) is 74.6 cm³/mol. The summed E-state index contributed by atoms with van der Waals surface area (Å²) < 4.78 is 13.3. The number of alkyl halides is 1. The molecule has 0 spiro atoms. The number of rotatable bonds is 3. The van der Waals surface area contributed by atoms with Gasteiger partial charge in [0, 0.05) is 0 Å². The van der Waals surface area contributed by atoms with Gasteiger partial charge in [0.05, 0.1) is 5.38 Å². The molecule has 0 aromatic heterocycles. The second-order valence-corrected chi connectivity index (χ2v) is 5.25. The van der Waals surface area contributed by atoms with Crippen molar-refractivity contribution >= 4 is 11.6 Å². The summed E-state index contributed by atoms with van der Waals surface area (Å²) in [6, 6.07) is 13.2. The number of benzene rings is 2. The van der Waals surface area contributed by atoms with Crippen molar-refractivity contribution in [3.8, 4) is 0 Å². The van der Waals surface area contributed by atoms with Crippen molar-refractivity contribution in [1.29, 1.82) is 0 Å². The molecule has 2 heteroatoms. The van der Waals surface area contributed by atoms with Crippen LogP contribution >= 0.6 is 11.6 Å². The molecule has 0 nitrogen and oxygen atoms in total. The lowest BCUT2D eigenvalue weighted by Gasteiger charge is -2.11. The maximum absolute atomic E-state index is 13.3. The first kappa shape index (κ1) is 13.1. The topological polar surface area (TPSA) is 0 Å². The summed E-state index contributed by atoms with van der Waals surface area (Å²) in [4.78, 5) is 0. The van der Waals surface area contributed by atoms with Gasteiger partial charge in [-0.05, 0) is 49.1 Å². The smallest absolute Gasteiger partial charge is 0.123 e. The van der Waals surface area contributed by atoms with Gasteiger partial charge < -0.3 is 0 Å². The van der Waals surface area contributed by atoms with Crippen LogP contribution in [-0.2, 0) is 6.42 Å². The van der Waals surface area contributed by atoms with Crippen molar-refractivity contribution in [3.63, 3.8) is 0 Å². The van der Waals surface area contributed by atoms with Crippen molar-refractivity contribution in [3.05, 3.63) is 70.5 Å². The van der Waals surface area contributed by atoms with Crippen LogP contribution in [-0.4, -0.2) is 0 Å². The lowest BCUT2D eigenvalue weighted by molar-refractivity contribution is 0.623. The maximum Gasteiger partial charge on any atom is 0.123 e. The molecule has 0 bridgehead atoms. The molecule has 1 atom stereocenters. The van der Waals surface area contributed by atoms with E-state index < -0.39 is 0 Å². The molecule has 0 saturated heterocycles. The van der Waals surface area contributed by atoms with E-state index in [0.29, 0.717) is 6.42 Å². The summed E-state index contributed by atoms with van der Waals surface area (Å²) in [5.41, 5.74) is 4.14. The third-order valence-corrected chi connectivity index (χ3v) is 3.33. The zero-order valence-electron chi connectivity index (χ0n) is 10.6. The summed E-state index contributed by atoms with van der Waals surface area (Å²) in [6.07, 6.45) is 0.714. The van der Waals surface area contributed by atoms with E-state index in [1.54, 1.807) is 0 Å². The molecule has 0 radical (unpaired) electrons. The maximum atomic E-state index is 13.3. The lowest BCUT2D eigenvalue weighted by Crippen LogP contribution is -1.97. The monoisotopic (exact) mass is 262 g/mol. The van der Waals surface area contributed by atoms with Gasteiger partial charge >= 0.3 is 0 Å². The molecular weight excluding hydrogens is 247 g/mol. The highest BCUT2D eigenvalue weighted by atomic mass is 35.5. The first-order valence-electron chi connectivity index (χ1n) is 6.01. The molecule has 2 aromatic carbocycles. The second-order valence-electron chi connectivity index (χ2n) is 4.72. The lowest BCUT2D eigenvalue weighted by atomic mass is 10.0. The van der Waals surface area contributed by atoms with Gasteiger partial charge in [0.25, 0.3) is 0 Å². The fourth-order valence-electron chi connectivity index (χ4n) is 2.11. The zero-order valence-corrected chi connectivity index (χ0v) is 11.3. The number of halogens is 2. The quantitative estimate of drug-likeness (QED) is 0.686. The van der Waals surface area contributed by atoms with E-state index in [1.165, 1.54) is 23.3 Å². The van der Waals surface area contributed by atoms with Crippen molar-refractivity contribution in [1.82, 2.24) is 0 Å². The molecule has 0 saturated carbocycles. The van der Waals surface area contributed by atoms with Crippen LogP contribution in [0, 0.1) is 19.7 Å². The van der Waals surface area contributed by atoms with E-state index in [1.807, 2.05) is 19.1 Å². The molecule has 0 amide bonds. The van der Waals surface area contributed by atoms with Gasteiger partial charge in [-0.2, -0.15) is 0 Å². The Morgan fingerprint density at radius 2 is 1.83 bits per heavy atom. The summed E-state index contributed by atoms with van der Waals surface area (Å²) in [6.45, 7) is 3.93. The number of aryl methyl sites for hydroxylation is 2. The van der Waals surface area contributed by atoms with Crippen LogP contribution in [0.1, 0.15) is 27.6 Å². The van der Waals surface area contributed by atoms with Gasteiger partial charge in [-0.25, -0.2) is 4.39 Å². The molecule has 0 aliphatic carbocycles. The summed E-state index contributed by atoms with van der Waals surface area (Å²) in [7, 11) is 0. The molecule has 0 heterocycles. The number of hydrogen-bond acceptors (Lipinski definition) is 0. The Hall–Kier alpha value is -1.34. The zero-order chi connectivity index (χ0) is 13.1. The molecule has 2 aromatic rings. The van der Waals surface area contributed by atoms with Crippen LogP contribution in [0.4, 0.5) is 4.39 Å². The molecular formula is C16H16ClF. The summed E-state index contributed by atoms with van der Waals surface area (Å²) in [5, 5.41) is -0.193. The Morgan fingerprint density at radius 3 is 2.50 bits per heavy atom. The number of hydrogen-bond donors (Lipinski definition) is 0. The molecule has 0 aliphatic heterocycles. The van der Waals surface area contributed by atoms with Crippen LogP contribution in [0.25, 0.3) is 0 Å². The Kier molecular flexibility index (Phi) is 4.03. The third-order valence-electron chi connectivity index (χ3n) is 2.92. The van der Waals surface area contributed by atoms with Gasteiger partial charge in [0.2, 0.25) is 0 Å². The molecule has 0 N–H and O–H groups in total. The third kappa shape index (κ3) is 3.33. The standard InChI is InChI=1S/C16H16ClF/c1-11-4-3-5-13(6-11)9-16(17)14-7-12(2)8-15(18)10-14/h3-8,10,16H,9H2,1-2H3. The first-order chi connectivity index (χ1) is 8.54. The van der Waals surface area contributed by atoms with Crippen LogP contribution in [0.3, 0.4) is 0 Å². The Morgan fingerprint density at radius 1 is 1.06 bits per heavy atom. The predicted octanol–water partition coefficient (Wildman–Crippen LogP) is 4.97. The minimum atomic E-state index is -0.222. The van der Waals surface area contributed by atoms with Crippen LogP contribution in [0.2, 0.25) is 0 Å². The highest BCUT2D eigenvalue weighted by molar-refractivity contribution is 6.20. The minimum absolute atomic E-state index is 0.193. The van der Waals surface area contributed by atoms with Gasteiger partial charge in [-0.3, -0.25) is 0 Å². The molecule has 18 heavy (non-hydrogen) atoms. The van der Waals surface area contributed by atoms with E-state index in [-0.39, 0.29) is 11.2 Å². The second kappa shape index (κ2) is 5.53. The normalized spacial score (nSPS) is 12.4. The van der Waals surface area contributed by atoms with Crippen molar-refractivity contribution in [2.75, 3.05) is 0 Å². The van der Waals surface area contributed by atoms with Gasteiger partial charge in [0.1, 0.15) is 5.82 Å².